The molecule has 4 aromatic rings. The maximum Gasteiger partial charge on any atom is 2.00 e. The van der Waals surface area contributed by atoms with E-state index in [0.717, 1.165) is 0 Å². The molecule has 0 amide bonds. The third kappa shape index (κ3) is 5.05. The van der Waals surface area contributed by atoms with Crippen molar-refractivity contribution in [2.45, 2.75) is 0 Å². The van der Waals surface area contributed by atoms with Gasteiger partial charge < -0.3 is 17.0 Å². The molecule has 0 heterocycles. The Morgan fingerprint density at radius 3 is 0.698 bits per heavy atom. The molecule has 0 saturated carbocycles. The van der Waals surface area contributed by atoms with E-state index in [2.05, 4.69) is 0 Å². The van der Waals surface area contributed by atoms with Gasteiger partial charge in [0.15, 0.2) is 52.4 Å². The first-order chi connectivity index (χ1) is 19.0. The van der Waals surface area contributed by atoms with E-state index in [1.54, 1.807) is 0 Å². The maximum absolute atomic E-state index is 15.3. The number of rotatable bonds is 4. The summed E-state index contributed by atoms with van der Waals surface area (Å²) in [6.07, 6.45) is -5.90. The Kier molecular flexibility index (Phi) is 10.6. The van der Waals surface area contributed by atoms with Crippen LogP contribution in [0.2, 0.25) is 0 Å². The van der Waals surface area contributed by atoms with E-state index in [1.165, 1.54) is 0 Å². The summed E-state index contributed by atoms with van der Waals surface area (Å²) in [6.45, 7) is 0. The zero-order valence-electron chi connectivity index (χ0n) is 20.0. The van der Waals surface area contributed by atoms with E-state index < -0.39 is 121 Å². The van der Waals surface area contributed by atoms with Crippen molar-refractivity contribution in [1.82, 2.24) is 0 Å². The van der Waals surface area contributed by atoms with Crippen LogP contribution in [-0.4, -0.2) is 29.2 Å². The van der Waals surface area contributed by atoms with Crippen LogP contribution in [0.1, 0.15) is 0 Å². The Hall–Kier alpha value is -2.93. The van der Waals surface area contributed by atoms with Crippen LogP contribution in [0.5, 0.6) is 0 Å². The van der Waals surface area contributed by atoms with Crippen LogP contribution in [0.15, 0.2) is 24.3 Å². The van der Waals surface area contributed by atoms with E-state index in [-0.39, 0.29) is 64.3 Å². The summed E-state index contributed by atoms with van der Waals surface area (Å²) < 4.78 is 234. The van der Waals surface area contributed by atoms with Crippen LogP contribution in [0.4, 0.5) is 70.2 Å². The molecule has 0 fully saturated rings. The molecule has 4 rings (SSSR count). The second-order valence-electron chi connectivity index (χ2n) is 8.37. The van der Waals surface area contributed by atoms with Gasteiger partial charge in [-0.1, -0.05) is 12.1 Å². The first kappa shape index (κ1) is 36.3. The van der Waals surface area contributed by atoms with Crippen LogP contribution < -0.4 is 38.8 Å². The van der Waals surface area contributed by atoms with Gasteiger partial charge in [-0.25, -0.2) is 70.2 Å². The summed E-state index contributed by atoms with van der Waals surface area (Å²) in [7, 11) is 0. The van der Waals surface area contributed by atoms with Gasteiger partial charge in [0.1, 0.15) is 46.9 Å². The van der Waals surface area contributed by atoms with Crippen LogP contribution >= 0.6 is 0 Å². The van der Waals surface area contributed by atoms with Crippen molar-refractivity contribution in [1.29, 1.82) is 0 Å². The van der Waals surface area contributed by atoms with E-state index in [9.17, 15) is 43.9 Å². The fourth-order valence-electron chi connectivity index (χ4n) is 4.69. The topological polar surface area (TPSA) is 0 Å². The smallest absolute Gasteiger partial charge is 1.00 e. The molecule has 0 bridgehead atoms. The van der Waals surface area contributed by atoms with Gasteiger partial charge in [-0.15, -0.1) is 16.4 Å². The van der Waals surface area contributed by atoms with Crippen LogP contribution in [-0.2, 0) is 0 Å². The molecule has 0 spiro atoms. The normalized spacial score (nSPS) is 11.3. The predicted octanol–water partition coefficient (Wildman–Crippen LogP) is 1.91. The van der Waals surface area contributed by atoms with E-state index in [0.29, 0.717) is 0 Å². The third-order valence-electron chi connectivity index (χ3n) is 6.40. The van der Waals surface area contributed by atoms with Crippen molar-refractivity contribution in [3.05, 3.63) is 117 Å². The molecule has 0 radical (unpaired) electrons. The van der Waals surface area contributed by atoms with Gasteiger partial charge in [0.25, 0.3) is 0 Å². The van der Waals surface area contributed by atoms with Crippen molar-refractivity contribution in [2.75, 3.05) is 0 Å². The number of halogens is 17. The second-order valence-corrected chi connectivity index (χ2v) is 8.37. The van der Waals surface area contributed by atoms with Crippen molar-refractivity contribution in [2.24, 2.45) is 0 Å². The van der Waals surface area contributed by atoms with Crippen LogP contribution in [0.25, 0.3) is 0 Å². The average Bonchev–Trinajstić information content (AvgIpc) is 2.95. The molecule has 0 nitrogen and oxygen atoms in total. The molecule has 0 aliphatic rings. The summed E-state index contributed by atoms with van der Waals surface area (Å²) in [5, 5.41) is 0. The fraction of sp³-hybridized carbons (Fsp3) is 0. The molecule has 4 aromatic carbocycles. The first-order valence-electron chi connectivity index (χ1n) is 10.5. The number of benzene rings is 4. The Morgan fingerprint density at radius 1 is 0.302 bits per heavy atom. The zero-order valence-corrected chi connectivity index (χ0v) is 23.0. The molecule has 0 aromatic heterocycles. The molecular weight excluding hydrogens is 707 g/mol. The Morgan fingerprint density at radius 2 is 0.488 bits per heavy atom. The van der Waals surface area contributed by atoms with Crippen LogP contribution in [0.3, 0.4) is 0 Å². The van der Waals surface area contributed by atoms with Gasteiger partial charge in [-0.05, 0) is 12.1 Å². The first-order valence-corrected chi connectivity index (χ1v) is 10.5. The molecule has 0 saturated heterocycles. The quantitative estimate of drug-likeness (QED) is 0.132. The summed E-state index contributed by atoms with van der Waals surface area (Å²) in [4.78, 5) is 0. The summed E-state index contributed by atoms with van der Waals surface area (Å²) >= 11 is 0. The zero-order chi connectivity index (χ0) is 30.9. The SMILES string of the molecule is Fc1ccc([B-](c2c(F)c(F)c(F)c(F)c2F)(c2c(F)c(F)c(F)c(F)c2F)c2c(F)c(F)c(F)c(F)c2F)cc1.[Br-].[Mg+2]. The van der Waals surface area contributed by atoms with Gasteiger partial charge >= 0.3 is 23.1 Å². The summed E-state index contributed by atoms with van der Waals surface area (Å²) in [5.41, 5.74) is -10.0. The number of hydrogen-bond donors (Lipinski definition) is 0. The minimum atomic E-state index is -5.90. The molecule has 0 N–H and O–H groups in total. The Bertz CT molecular complexity index is 1510. The van der Waals surface area contributed by atoms with Gasteiger partial charge in [-0.2, -0.15) is 5.46 Å². The van der Waals surface area contributed by atoms with Crippen LogP contribution in [0, 0.1) is 93.1 Å². The molecule has 0 aliphatic carbocycles. The largest absolute Gasteiger partial charge is 2.00 e. The van der Waals surface area contributed by atoms with E-state index >= 15 is 26.3 Å². The molecule has 43 heavy (non-hydrogen) atoms. The minimum Gasteiger partial charge on any atom is -1.00 e. The maximum atomic E-state index is 15.3. The number of hydrogen-bond acceptors (Lipinski definition) is 0. The standard InChI is InChI=1S/C24H4BF16.BrH.Mg/c26-6-3-1-5(2-4-6)25(7-10(27)16(33)22(39)17(34)11(7)28,8-12(29)18(35)23(40)19(36)13(8)30)9-14(31)20(37)24(41)21(38)15(9)32;;/h1-4H;1H;/q-1;;+2/p-1. The molecule has 224 valence electrons. The third-order valence-corrected chi connectivity index (χ3v) is 6.40. The molecule has 0 unspecified atom stereocenters. The molecular formula is C24H4BBrF16Mg. The molecule has 0 atom stereocenters. The average molecular weight is 711 g/mol. The van der Waals surface area contributed by atoms with Crippen molar-refractivity contribution in [3.63, 3.8) is 0 Å². The Balaban J connectivity index is 0.00000323. The summed E-state index contributed by atoms with van der Waals surface area (Å²) in [5.74, 6) is -48.0. The second kappa shape index (κ2) is 12.6. The monoisotopic (exact) mass is 710 g/mol. The van der Waals surface area contributed by atoms with Gasteiger partial charge in [0.2, 0.25) is 0 Å². The van der Waals surface area contributed by atoms with Gasteiger partial charge in [-0.3, -0.25) is 0 Å². The fourth-order valence-corrected chi connectivity index (χ4v) is 4.69. The van der Waals surface area contributed by atoms with Gasteiger partial charge in [0.05, 0.1) is 0 Å². The molecule has 19 heteroatoms. The predicted molar refractivity (Wildman–Crippen MR) is 115 cm³/mol. The summed E-state index contributed by atoms with van der Waals surface area (Å²) in [6, 6.07) is 0.416. The van der Waals surface area contributed by atoms with Crippen molar-refractivity contribution < 1.29 is 87.2 Å². The minimum absolute atomic E-state index is 0. The van der Waals surface area contributed by atoms with Gasteiger partial charge in [0, 0.05) is 0 Å². The van der Waals surface area contributed by atoms with E-state index in [4.69, 9.17) is 0 Å². The Labute approximate surface area is 255 Å². The molecule has 0 aliphatic heterocycles. The van der Waals surface area contributed by atoms with Crippen molar-refractivity contribution in [3.8, 4) is 0 Å². The van der Waals surface area contributed by atoms with E-state index in [1.807, 2.05) is 0 Å². The van der Waals surface area contributed by atoms with Crippen molar-refractivity contribution >= 4 is 51.0 Å².